The van der Waals surface area contributed by atoms with Gasteiger partial charge >= 0.3 is 0 Å². The van der Waals surface area contributed by atoms with Crippen LogP contribution in [0.15, 0.2) is 0 Å². The normalized spacial score (nSPS) is 25.3. The molecule has 0 saturated carbocycles. The van der Waals surface area contributed by atoms with Gasteiger partial charge in [-0.1, -0.05) is 13.8 Å². The first-order chi connectivity index (χ1) is 6.74. The summed E-state index contributed by atoms with van der Waals surface area (Å²) in [6, 6.07) is 0.987. The second kappa shape index (κ2) is 6.38. The minimum Gasteiger partial charge on any atom is -0.396 e. The van der Waals surface area contributed by atoms with E-state index in [1.807, 2.05) is 0 Å². The van der Waals surface area contributed by atoms with Gasteiger partial charge in [-0.2, -0.15) is 0 Å². The van der Waals surface area contributed by atoms with Gasteiger partial charge in [0, 0.05) is 18.7 Å². The van der Waals surface area contributed by atoms with E-state index < -0.39 is 0 Å². The molecule has 0 unspecified atom stereocenters. The van der Waals surface area contributed by atoms with Crippen LogP contribution in [0, 0.1) is 5.92 Å². The molecule has 0 aromatic heterocycles. The molecule has 1 fully saturated rings. The Bertz CT molecular complexity index is 144. The van der Waals surface area contributed by atoms with Crippen molar-refractivity contribution in [2.45, 2.75) is 45.2 Å². The molecule has 0 aliphatic carbocycles. The molecule has 1 aliphatic heterocycles. The standard InChI is InChI=1S/C11H24N2O/c1-9(2)13-11(5-7-14)10-4-3-6-12-8-10/h9-14H,3-8H2,1-2H3/t10-,11+/m0/s1. The van der Waals surface area contributed by atoms with E-state index in [1.54, 1.807) is 0 Å². The molecule has 0 radical (unpaired) electrons. The first-order valence-corrected chi connectivity index (χ1v) is 5.81. The lowest BCUT2D eigenvalue weighted by Gasteiger charge is -2.32. The van der Waals surface area contributed by atoms with Gasteiger partial charge in [0.05, 0.1) is 0 Å². The Labute approximate surface area is 87.3 Å². The van der Waals surface area contributed by atoms with Gasteiger partial charge in [0.15, 0.2) is 0 Å². The average molecular weight is 200 g/mol. The van der Waals surface area contributed by atoms with E-state index in [-0.39, 0.29) is 0 Å². The zero-order valence-electron chi connectivity index (χ0n) is 9.42. The molecule has 3 heteroatoms. The summed E-state index contributed by atoms with van der Waals surface area (Å²) in [5.41, 5.74) is 0. The molecule has 1 heterocycles. The Morgan fingerprint density at radius 3 is 2.79 bits per heavy atom. The molecule has 1 saturated heterocycles. The quantitative estimate of drug-likeness (QED) is 0.613. The molecule has 2 atom stereocenters. The van der Waals surface area contributed by atoms with Crippen LogP contribution in [0.1, 0.15) is 33.1 Å². The minimum absolute atomic E-state index is 0.293. The van der Waals surface area contributed by atoms with Gasteiger partial charge < -0.3 is 15.7 Å². The van der Waals surface area contributed by atoms with Gasteiger partial charge in [-0.25, -0.2) is 0 Å². The van der Waals surface area contributed by atoms with Crippen LogP contribution < -0.4 is 10.6 Å². The number of aliphatic hydroxyl groups is 1. The third kappa shape index (κ3) is 3.95. The smallest absolute Gasteiger partial charge is 0.0445 e. The van der Waals surface area contributed by atoms with E-state index in [9.17, 15) is 0 Å². The van der Waals surface area contributed by atoms with Crippen molar-refractivity contribution in [3.05, 3.63) is 0 Å². The van der Waals surface area contributed by atoms with Crippen LogP contribution in [0.2, 0.25) is 0 Å². The van der Waals surface area contributed by atoms with Crippen LogP contribution in [0.25, 0.3) is 0 Å². The van der Waals surface area contributed by atoms with Crippen molar-refractivity contribution in [1.82, 2.24) is 10.6 Å². The first kappa shape index (κ1) is 12.0. The number of rotatable bonds is 5. The molecule has 0 spiro atoms. The molecule has 0 aromatic rings. The van der Waals surface area contributed by atoms with E-state index in [0.29, 0.717) is 24.6 Å². The van der Waals surface area contributed by atoms with E-state index in [0.717, 1.165) is 19.5 Å². The van der Waals surface area contributed by atoms with Crippen LogP contribution in [0.4, 0.5) is 0 Å². The largest absolute Gasteiger partial charge is 0.396 e. The summed E-state index contributed by atoms with van der Waals surface area (Å²) in [5, 5.41) is 16.0. The molecule has 1 aliphatic rings. The molecule has 84 valence electrons. The second-order valence-electron chi connectivity index (χ2n) is 4.55. The number of hydrogen-bond acceptors (Lipinski definition) is 3. The van der Waals surface area contributed by atoms with Crippen LogP contribution in [-0.2, 0) is 0 Å². The molecule has 14 heavy (non-hydrogen) atoms. The summed E-state index contributed by atoms with van der Waals surface area (Å²) in [7, 11) is 0. The van der Waals surface area contributed by atoms with Crippen LogP contribution in [0.5, 0.6) is 0 Å². The van der Waals surface area contributed by atoms with Gasteiger partial charge in [0.1, 0.15) is 0 Å². The lowest BCUT2D eigenvalue weighted by molar-refractivity contribution is 0.207. The predicted molar refractivity (Wildman–Crippen MR) is 59.4 cm³/mol. The summed E-state index contributed by atoms with van der Waals surface area (Å²) in [6.07, 6.45) is 3.44. The average Bonchev–Trinajstić information content (AvgIpc) is 2.18. The molecular formula is C11H24N2O. The molecule has 0 bridgehead atoms. The van der Waals surface area contributed by atoms with E-state index in [1.165, 1.54) is 12.8 Å². The number of piperidine rings is 1. The van der Waals surface area contributed by atoms with E-state index >= 15 is 0 Å². The Morgan fingerprint density at radius 2 is 2.29 bits per heavy atom. The second-order valence-corrected chi connectivity index (χ2v) is 4.55. The molecule has 3 nitrogen and oxygen atoms in total. The van der Waals surface area contributed by atoms with E-state index in [2.05, 4.69) is 24.5 Å². The fourth-order valence-electron chi connectivity index (χ4n) is 2.24. The summed E-state index contributed by atoms with van der Waals surface area (Å²) < 4.78 is 0. The molecular weight excluding hydrogens is 176 g/mol. The Hall–Kier alpha value is -0.120. The van der Waals surface area contributed by atoms with Gasteiger partial charge in [-0.05, 0) is 38.3 Å². The summed E-state index contributed by atoms with van der Waals surface area (Å²) in [4.78, 5) is 0. The van der Waals surface area contributed by atoms with Crippen molar-refractivity contribution in [2.24, 2.45) is 5.92 Å². The van der Waals surface area contributed by atoms with Gasteiger partial charge in [-0.15, -0.1) is 0 Å². The van der Waals surface area contributed by atoms with Gasteiger partial charge in [0.2, 0.25) is 0 Å². The predicted octanol–water partition coefficient (Wildman–Crippen LogP) is 0.735. The Kier molecular flexibility index (Phi) is 5.45. The summed E-state index contributed by atoms with van der Waals surface area (Å²) >= 11 is 0. The lowest BCUT2D eigenvalue weighted by Crippen LogP contribution is -2.46. The molecule has 0 aromatic carbocycles. The maximum absolute atomic E-state index is 9.02. The molecule has 0 amide bonds. The highest BCUT2D eigenvalue weighted by molar-refractivity contribution is 4.82. The number of nitrogens with one attached hydrogen (secondary N) is 2. The van der Waals surface area contributed by atoms with Crippen molar-refractivity contribution >= 4 is 0 Å². The fourth-order valence-corrected chi connectivity index (χ4v) is 2.24. The van der Waals surface area contributed by atoms with Crippen molar-refractivity contribution in [2.75, 3.05) is 19.7 Å². The Balaban J connectivity index is 2.38. The van der Waals surface area contributed by atoms with Gasteiger partial charge in [-0.3, -0.25) is 0 Å². The maximum Gasteiger partial charge on any atom is 0.0445 e. The monoisotopic (exact) mass is 200 g/mol. The van der Waals surface area contributed by atoms with Crippen molar-refractivity contribution in [3.63, 3.8) is 0 Å². The number of aliphatic hydroxyl groups excluding tert-OH is 1. The summed E-state index contributed by atoms with van der Waals surface area (Å²) in [6.45, 7) is 6.89. The third-order valence-corrected chi connectivity index (χ3v) is 2.89. The highest BCUT2D eigenvalue weighted by Crippen LogP contribution is 2.17. The zero-order valence-corrected chi connectivity index (χ0v) is 9.42. The highest BCUT2D eigenvalue weighted by Gasteiger charge is 2.23. The zero-order chi connectivity index (χ0) is 10.4. The lowest BCUT2D eigenvalue weighted by atomic mass is 9.89. The summed E-state index contributed by atoms with van der Waals surface area (Å²) in [5.74, 6) is 0.693. The van der Waals surface area contributed by atoms with Gasteiger partial charge in [0.25, 0.3) is 0 Å². The van der Waals surface area contributed by atoms with E-state index in [4.69, 9.17) is 5.11 Å². The number of hydrogen-bond donors (Lipinski definition) is 3. The molecule has 1 rings (SSSR count). The van der Waals surface area contributed by atoms with Crippen LogP contribution in [-0.4, -0.2) is 36.9 Å². The highest BCUT2D eigenvalue weighted by atomic mass is 16.3. The maximum atomic E-state index is 9.02. The van der Waals surface area contributed by atoms with Crippen molar-refractivity contribution < 1.29 is 5.11 Å². The Morgan fingerprint density at radius 1 is 1.50 bits per heavy atom. The van der Waals surface area contributed by atoms with Crippen molar-refractivity contribution in [1.29, 1.82) is 0 Å². The molecule has 3 N–H and O–H groups in total. The van der Waals surface area contributed by atoms with Crippen LogP contribution >= 0.6 is 0 Å². The first-order valence-electron chi connectivity index (χ1n) is 5.81. The topological polar surface area (TPSA) is 44.3 Å². The van der Waals surface area contributed by atoms with Crippen LogP contribution in [0.3, 0.4) is 0 Å². The SMILES string of the molecule is CC(C)N[C@H](CCO)[C@H]1CCCNC1. The third-order valence-electron chi connectivity index (χ3n) is 2.89. The fraction of sp³-hybridized carbons (Fsp3) is 1.00. The minimum atomic E-state index is 0.293. The van der Waals surface area contributed by atoms with Crippen molar-refractivity contribution in [3.8, 4) is 0 Å².